The predicted octanol–water partition coefficient (Wildman–Crippen LogP) is 4.28. The minimum absolute atomic E-state index is 0.124. The Bertz CT molecular complexity index is 592. The van der Waals surface area contributed by atoms with Gasteiger partial charge in [0.25, 0.3) is 0 Å². The first-order chi connectivity index (χ1) is 9.56. The first kappa shape index (κ1) is 15.3. The van der Waals surface area contributed by atoms with Gasteiger partial charge in [-0.15, -0.1) is 11.8 Å². The van der Waals surface area contributed by atoms with Gasteiger partial charge in [-0.25, -0.2) is 8.78 Å². The molecule has 0 saturated carbocycles. The lowest BCUT2D eigenvalue weighted by Crippen LogP contribution is -2.25. The minimum Gasteiger partial charge on any atom is -0.327 e. The molecule has 0 aliphatic heterocycles. The minimum atomic E-state index is -0.436. The van der Waals surface area contributed by atoms with Crippen LogP contribution in [0.5, 0.6) is 0 Å². The Hall–Kier alpha value is -1.10. The highest BCUT2D eigenvalue weighted by Gasteiger charge is 2.10. The van der Waals surface area contributed by atoms with Crippen molar-refractivity contribution in [2.45, 2.75) is 17.4 Å². The third kappa shape index (κ3) is 4.20. The van der Waals surface area contributed by atoms with E-state index in [1.807, 2.05) is 6.07 Å². The van der Waals surface area contributed by atoms with Crippen LogP contribution in [0.1, 0.15) is 5.56 Å². The summed E-state index contributed by atoms with van der Waals surface area (Å²) in [5.74, 6) is -0.0954. The van der Waals surface area contributed by atoms with Crippen molar-refractivity contribution in [3.05, 3.63) is 64.7 Å². The number of halogens is 3. The van der Waals surface area contributed by atoms with Gasteiger partial charge in [-0.1, -0.05) is 29.8 Å². The Morgan fingerprint density at radius 1 is 1.15 bits per heavy atom. The highest BCUT2D eigenvalue weighted by Crippen LogP contribution is 2.23. The van der Waals surface area contributed by atoms with Gasteiger partial charge in [0.05, 0.1) is 5.02 Å². The summed E-state index contributed by atoms with van der Waals surface area (Å²) in [4.78, 5) is 0.825. The van der Waals surface area contributed by atoms with Crippen molar-refractivity contribution in [1.82, 2.24) is 0 Å². The largest absolute Gasteiger partial charge is 0.327 e. The van der Waals surface area contributed by atoms with E-state index in [4.69, 9.17) is 17.3 Å². The average molecular weight is 314 g/mol. The molecule has 0 radical (unpaired) electrons. The van der Waals surface area contributed by atoms with Gasteiger partial charge < -0.3 is 5.73 Å². The molecular weight excluding hydrogens is 300 g/mol. The van der Waals surface area contributed by atoms with E-state index in [-0.39, 0.29) is 16.9 Å². The summed E-state index contributed by atoms with van der Waals surface area (Å²) in [6, 6.07) is 10.9. The lowest BCUT2D eigenvalue weighted by Gasteiger charge is -2.12. The third-order valence-electron chi connectivity index (χ3n) is 2.77. The quantitative estimate of drug-likeness (QED) is 0.834. The van der Waals surface area contributed by atoms with E-state index in [1.54, 1.807) is 18.2 Å². The highest BCUT2D eigenvalue weighted by atomic mass is 35.5. The molecule has 1 atom stereocenters. The Labute approximate surface area is 126 Å². The second-order valence-corrected chi connectivity index (χ2v) is 5.92. The maximum Gasteiger partial charge on any atom is 0.142 e. The van der Waals surface area contributed by atoms with Crippen LogP contribution in [0.2, 0.25) is 5.02 Å². The van der Waals surface area contributed by atoms with Crippen molar-refractivity contribution in [3.8, 4) is 0 Å². The molecule has 1 unspecified atom stereocenters. The van der Waals surface area contributed by atoms with E-state index in [1.165, 1.54) is 30.0 Å². The van der Waals surface area contributed by atoms with Crippen LogP contribution < -0.4 is 5.73 Å². The van der Waals surface area contributed by atoms with Gasteiger partial charge in [0.2, 0.25) is 0 Å². The van der Waals surface area contributed by atoms with Gasteiger partial charge in [0.1, 0.15) is 11.6 Å². The monoisotopic (exact) mass is 313 g/mol. The topological polar surface area (TPSA) is 26.0 Å². The first-order valence-electron chi connectivity index (χ1n) is 6.13. The van der Waals surface area contributed by atoms with Gasteiger partial charge in [0.15, 0.2) is 0 Å². The van der Waals surface area contributed by atoms with Gasteiger partial charge in [-0.3, -0.25) is 0 Å². The molecule has 5 heteroatoms. The van der Waals surface area contributed by atoms with E-state index < -0.39 is 5.82 Å². The second-order valence-electron chi connectivity index (χ2n) is 4.45. The molecular formula is C15H14ClF2NS. The number of nitrogens with two attached hydrogens (primary N) is 1. The number of thioether (sulfide) groups is 1. The molecule has 20 heavy (non-hydrogen) atoms. The van der Waals surface area contributed by atoms with Gasteiger partial charge in [-0.05, 0) is 36.2 Å². The van der Waals surface area contributed by atoms with Gasteiger partial charge >= 0.3 is 0 Å². The molecule has 0 aliphatic carbocycles. The van der Waals surface area contributed by atoms with Crippen molar-refractivity contribution in [2.75, 3.05) is 5.75 Å². The number of hydrogen-bond acceptors (Lipinski definition) is 2. The zero-order valence-electron chi connectivity index (χ0n) is 10.7. The average Bonchev–Trinajstić information content (AvgIpc) is 2.42. The molecule has 0 saturated heterocycles. The molecule has 0 spiro atoms. The van der Waals surface area contributed by atoms with Crippen LogP contribution in [-0.2, 0) is 6.42 Å². The molecule has 0 aliphatic rings. The van der Waals surface area contributed by atoms with E-state index >= 15 is 0 Å². The summed E-state index contributed by atoms with van der Waals surface area (Å²) in [7, 11) is 0. The zero-order chi connectivity index (χ0) is 14.5. The molecule has 2 N–H and O–H groups in total. The second kappa shape index (κ2) is 7.07. The Kier molecular flexibility index (Phi) is 5.40. The highest BCUT2D eigenvalue weighted by molar-refractivity contribution is 7.99. The van der Waals surface area contributed by atoms with E-state index in [0.717, 1.165) is 4.90 Å². The third-order valence-corrected chi connectivity index (χ3v) is 4.38. The summed E-state index contributed by atoms with van der Waals surface area (Å²) >= 11 is 7.36. The smallest absolute Gasteiger partial charge is 0.142 e. The molecule has 0 aromatic heterocycles. The molecule has 2 aromatic carbocycles. The summed E-state index contributed by atoms with van der Waals surface area (Å²) < 4.78 is 26.3. The van der Waals surface area contributed by atoms with Crippen LogP contribution in [0.15, 0.2) is 47.4 Å². The zero-order valence-corrected chi connectivity index (χ0v) is 12.2. The van der Waals surface area contributed by atoms with Crippen LogP contribution in [-0.4, -0.2) is 11.8 Å². The van der Waals surface area contributed by atoms with Crippen molar-refractivity contribution in [1.29, 1.82) is 0 Å². The van der Waals surface area contributed by atoms with Gasteiger partial charge in [0, 0.05) is 16.7 Å². The summed E-state index contributed by atoms with van der Waals surface area (Å²) in [6.07, 6.45) is 0.485. The van der Waals surface area contributed by atoms with E-state index in [2.05, 4.69) is 0 Å². The van der Waals surface area contributed by atoms with Gasteiger partial charge in [-0.2, -0.15) is 0 Å². The molecule has 0 fully saturated rings. The van der Waals surface area contributed by atoms with Crippen molar-refractivity contribution in [3.63, 3.8) is 0 Å². The lowest BCUT2D eigenvalue weighted by atomic mass is 10.1. The number of rotatable bonds is 5. The Balaban J connectivity index is 1.92. The van der Waals surface area contributed by atoms with Crippen molar-refractivity contribution in [2.24, 2.45) is 5.73 Å². The fourth-order valence-electron chi connectivity index (χ4n) is 1.81. The van der Waals surface area contributed by atoms with Crippen LogP contribution in [0, 0.1) is 11.6 Å². The summed E-state index contributed by atoms with van der Waals surface area (Å²) in [5, 5.41) is 0.124. The maximum atomic E-state index is 13.3. The maximum absolute atomic E-state index is 13.3. The predicted molar refractivity (Wildman–Crippen MR) is 80.2 cm³/mol. The molecule has 1 nitrogen and oxygen atoms in total. The summed E-state index contributed by atoms with van der Waals surface area (Å²) in [5.41, 5.74) is 6.71. The molecule has 106 valence electrons. The van der Waals surface area contributed by atoms with Crippen molar-refractivity contribution < 1.29 is 8.78 Å². The van der Waals surface area contributed by atoms with Crippen LogP contribution in [0.3, 0.4) is 0 Å². The first-order valence-corrected chi connectivity index (χ1v) is 7.49. The molecule has 2 aromatic rings. The number of benzene rings is 2. The standard InChI is InChI=1S/C15H14ClF2NS/c16-15-10(3-1-6-14(15)18)7-12(19)9-20-13-5-2-4-11(17)8-13/h1-6,8,12H,7,9,19H2. The normalized spacial score (nSPS) is 12.4. The fourth-order valence-corrected chi connectivity index (χ4v) is 2.91. The van der Waals surface area contributed by atoms with E-state index in [9.17, 15) is 8.78 Å². The number of hydrogen-bond donors (Lipinski definition) is 1. The molecule has 0 heterocycles. The SMILES string of the molecule is NC(CSc1cccc(F)c1)Cc1cccc(F)c1Cl. The molecule has 2 rings (SSSR count). The Morgan fingerprint density at radius 2 is 1.90 bits per heavy atom. The lowest BCUT2D eigenvalue weighted by molar-refractivity contribution is 0.622. The van der Waals surface area contributed by atoms with Crippen LogP contribution in [0.4, 0.5) is 8.78 Å². The molecule has 0 bridgehead atoms. The molecule has 0 amide bonds. The Morgan fingerprint density at radius 3 is 2.65 bits per heavy atom. The fraction of sp³-hybridized carbons (Fsp3) is 0.200. The van der Waals surface area contributed by atoms with E-state index in [0.29, 0.717) is 17.7 Å². The van der Waals surface area contributed by atoms with Crippen LogP contribution in [0.25, 0.3) is 0 Å². The summed E-state index contributed by atoms with van der Waals surface area (Å²) in [6.45, 7) is 0. The van der Waals surface area contributed by atoms with Crippen LogP contribution >= 0.6 is 23.4 Å². The van der Waals surface area contributed by atoms with Crippen molar-refractivity contribution >= 4 is 23.4 Å².